The first-order valence-electron chi connectivity index (χ1n) is 20.8. The maximum absolute atomic E-state index is 6.42. The molecule has 0 saturated heterocycles. The fourth-order valence-corrected chi connectivity index (χ4v) is 9.03. The molecule has 0 saturated carbocycles. The van der Waals surface area contributed by atoms with E-state index >= 15 is 0 Å². The lowest BCUT2D eigenvalue weighted by atomic mass is 9.86. The van der Waals surface area contributed by atoms with E-state index in [1.807, 2.05) is 12.1 Å². The SMILES string of the molecule is C1=c2ccccc2=C(c2ccc(-c3ccc(N(c4ccc(-c5ccccc5)cc4)c4ccc(-c5cccc6c5oc5ccccc56)cc4)cc3)cc2-c2ccccc2)CC1. The molecule has 0 atom stereocenters. The molecular formula is C58H41NO. The molecule has 10 aromatic rings. The van der Waals surface area contributed by atoms with Crippen LogP contribution < -0.4 is 15.3 Å². The molecule has 0 radical (unpaired) electrons. The average Bonchev–Trinajstić information content (AvgIpc) is 3.72. The van der Waals surface area contributed by atoms with Crippen LogP contribution in [0.5, 0.6) is 0 Å². The van der Waals surface area contributed by atoms with Crippen molar-refractivity contribution in [3.8, 4) is 44.5 Å². The fraction of sp³-hybridized carbons (Fsp3) is 0.0345. The molecule has 2 heteroatoms. The first kappa shape index (κ1) is 35.5. The second-order valence-electron chi connectivity index (χ2n) is 15.6. The van der Waals surface area contributed by atoms with Crippen LogP contribution in [0.3, 0.4) is 0 Å². The van der Waals surface area contributed by atoms with Gasteiger partial charge in [-0.15, -0.1) is 0 Å². The van der Waals surface area contributed by atoms with Gasteiger partial charge in [-0.05, 0) is 122 Å². The van der Waals surface area contributed by atoms with Gasteiger partial charge in [-0.2, -0.15) is 0 Å². The van der Waals surface area contributed by atoms with Gasteiger partial charge < -0.3 is 9.32 Å². The summed E-state index contributed by atoms with van der Waals surface area (Å²) in [7, 11) is 0. The normalized spacial score (nSPS) is 12.3. The molecule has 2 nitrogen and oxygen atoms in total. The third kappa shape index (κ3) is 6.49. The summed E-state index contributed by atoms with van der Waals surface area (Å²) in [4.78, 5) is 2.34. The number of hydrogen-bond acceptors (Lipinski definition) is 2. The quantitative estimate of drug-likeness (QED) is 0.153. The van der Waals surface area contributed by atoms with Gasteiger partial charge in [-0.3, -0.25) is 0 Å². The van der Waals surface area contributed by atoms with Crippen molar-refractivity contribution in [3.63, 3.8) is 0 Å². The molecule has 0 unspecified atom stereocenters. The lowest BCUT2D eigenvalue weighted by Crippen LogP contribution is -2.29. The third-order valence-electron chi connectivity index (χ3n) is 12.0. The largest absolute Gasteiger partial charge is 0.455 e. The van der Waals surface area contributed by atoms with Gasteiger partial charge in [0.15, 0.2) is 0 Å². The molecule has 60 heavy (non-hydrogen) atoms. The van der Waals surface area contributed by atoms with Crippen LogP contribution in [-0.2, 0) is 0 Å². The number of hydrogen-bond donors (Lipinski definition) is 0. The maximum Gasteiger partial charge on any atom is 0.143 e. The minimum Gasteiger partial charge on any atom is -0.455 e. The Balaban J connectivity index is 0.984. The Bertz CT molecular complexity index is 3270. The van der Waals surface area contributed by atoms with Crippen molar-refractivity contribution < 1.29 is 4.42 Å². The predicted octanol–water partition coefficient (Wildman–Crippen LogP) is 14.5. The van der Waals surface area contributed by atoms with Crippen molar-refractivity contribution in [1.29, 1.82) is 0 Å². The van der Waals surface area contributed by atoms with Crippen LogP contribution in [0.2, 0.25) is 0 Å². The fourth-order valence-electron chi connectivity index (χ4n) is 9.03. The molecule has 0 aliphatic heterocycles. The molecule has 0 fully saturated rings. The van der Waals surface area contributed by atoms with Gasteiger partial charge in [0.2, 0.25) is 0 Å². The molecule has 1 aromatic heterocycles. The maximum atomic E-state index is 6.42. The van der Waals surface area contributed by atoms with Crippen LogP contribution in [0.1, 0.15) is 18.4 Å². The van der Waals surface area contributed by atoms with Gasteiger partial charge >= 0.3 is 0 Å². The molecule has 0 bridgehead atoms. The van der Waals surface area contributed by atoms with Gasteiger partial charge in [-0.25, -0.2) is 0 Å². The Morgan fingerprint density at radius 1 is 0.367 bits per heavy atom. The number of rotatable bonds is 8. The number of benzene rings is 9. The van der Waals surface area contributed by atoms with Crippen molar-refractivity contribution in [2.45, 2.75) is 12.8 Å². The molecular weight excluding hydrogens is 727 g/mol. The number of para-hydroxylation sites is 2. The highest BCUT2D eigenvalue weighted by Gasteiger charge is 2.18. The first-order chi connectivity index (χ1) is 29.7. The second-order valence-corrected chi connectivity index (χ2v) is 15.6. The summed E-state index contributed by atoms with van der Waals surface area (Å²) in [5.74, 6) is 0. The van der Waals surface area contributed by atoms with E-state index in [1.54, 1.807) is 0 Å². The average molecular weight is 768 g/mol. The van der Waals surface area contributed by atoms with Crippen molar-refractivity contribution >= 4 is 50.6 Å². The van der Waals surface area contributed by atoms with Crippen molar-refractivity contribution in [2.75, 3.05) is 4.90 Å². The zero-order chi connectivity index (χ0) is 39.8. The molecule has 1 aliphatic carbocycles. The molecule has 0 amide bonds. The summed E-state index contributed by atoms with van der Waals surface area (Å²) in [6, 6.07) is 78.7. The monoisotopic (exact) mass is 767 g/mol. The zero-order valence-electron chi connectivity index (χ0n) is 33.1. The first-order valence-corrected chi connectivity index (χ1v) is 20.8. The van der Waals surface area contributed by atoms with E-state index in [9.17, 15) is 0 Å². The number of fused-ring (bicyclic) bond motifs is 4. The van der Waals surface area contributed by atoms with E-state index in [2.05, 4.69) is 217 Å². The van der Waals surface area contributed by atoms with Crippen molar-refractivity contribution in [1.82, 2.24) is 0 Å². The van der Waals surface area contributed by atoms with E-state index < -0.39 is 0 Å². The Labute approximate surface area is 350 Å². The van der Waals surface area contributed by atoms with Crippen molar-refractivity contribution in [3.05, 3.63) is 234 Å². The number of nitrogens with zero attached hydrogens (tertiary/aromatic N) is 1. The summed E-state index contributed by atoms with van der Waals surface area (Å²) in [6.45, 7) is 0. The Morgan fingerprint density at radius 2 is 0.900 bits per heavy atom. The number of furan rings is 1. The topological polar surface area (TPSA) is 16.4 Å². The third-order valence-corrected chi connectivity index (χ3v) is 12.0. The minimum atomic E-state index is 0.907. The summed E-state index contributed by atoms with van der Waals surface area (Å²) >= 11 is 0. The minimum absolute atomic E-state index is 0.907. The van der Waals surface area contributed by atoms with Crippen LogP contribution in [0, 0.1) is 0 Å². The van der Waals surface area contributed by atoms with Crippen molar-refractivity contribution in [2.24, 2.45) is 0 Å². The van der Waals surface area contributed by atoms with Crippen LogP contribution in [0.25, 0.3) is 78.1 Å². The summed E-state index contributed by atoms with van der Waals surface area (Å²) < 4.78 is 6.42. The zero-order valence-corrected chi connectivity index (χ0v) is 33.1. The van der Waals surface area contributed by atoms with Crippen LogP contribution in [-0.4, -0.2) is 0 Å². The molecule has 0 N–H and O–H groups in total. The predicted molar refractivity (Wildman–Crippen MR) is 252 cm³/mol. The molecule has 1 aliphatic rings. The van der Waals surface area contributed by atoms with Crippen LogP contribution in [0.4, 0.5) is 17.1 Å². The summed E-state index contributed by atoms with van der Waals surface area (Å²) in [5.41, 5.74) is 17.3. The highest BCUT2D eigenvalue weighted by Crippen LogP contribution is 2.41. The Morgan fingerprint density at radius 3 is 1.62 bits per heavy atom. The lowest BCUT2D eigenvalue weighted by Gasteiger charge is -2.26. The summed E-state index contributed by atoms with van der Waals surface area (Å²) in [6.07, 6.45) is 4.45. The molecule has 1 heterocycles. The van der Waals surface area contributed by atoms with Gasteiger partial charge in [-0.1, -0.05) is 176 Å². The molecule has 0 spiro atoms. The van der Waals surface area contributed by atoms with Gasteiger partial charge in [0, 0.05) is 33.4 Å². The summed E-state index contributed by atoms with van der Waals surface area (Å²) in [5, 5.41) is 4.94. The van der Waals surface area contributed by atoms with Crippen LogP contribution in [0.15, 0.2) is 223 Å². The van der Waals surface area contributed by atoms with Gasteiger partial charge in [0.05, 0.1) is 0 Å². The molecule has 11 rings (SSSR count). The highest BCUT2D eigenvalue weighted by atomic mass is 16.3. The van der Waals surface area contributed by atoms with E-state index in [-0.39, 0.29) is 0 Å². The Kier molecular flexibility index (Phi) is 9.02. The van der Waals surface area contributed by atoms with E-state index in [1.165, 1.54) is 55.0 Å². The van der Waals surface area contributed by atoms with Crippen LogP contribution >= 0.6 is 0 Å². The molecule has 9 aromatic carbocycles. The standard InChI is InChI=1S/C58H41NO/c1-3-13-40(14-4-1)41-25-32-47(33-26-41)59(49-36-29-45(30-37-49)51-21-12-23-55-54-20-9-10-24-57(54)60-58(51)55)48-34-27-42(28-35-48)46-31-38-53(56(39-46)44-15-5-2-6-16-44)52-22-11-18-43-17-7-8-19-50(43)52/h1-10,12-21,23-39H,11,22H2. The number of anilines is 3. The van der Waals surface area contributed by atoms with E-state index in [0.717, 1.165) is 63.0 Å². The smallest absolute Gasteiger partial charge is 0.143 e. The van der Waals surface area contributed by atoms with E-state index in [0.29, 0.717) is 0 Å². The molecule has 284 valence electrons. The van der Waals surface area contributed by atoms with E-state index in [4.69, 9.17) is 4.42 Å². The Hall–Kier alpha value is -7.68. The second kappa shape index (κ2) is 15.2. The highest BCUT2D eigenvalue weighted by molar-refractivity contribution is 6.09. The van der Waals surface area contributed by atoms with Gasteiger partial charge in [0.1, 0.15) is 11.2 Å². The lowest BCUT2D eigenvalue weighted by molar-refractivity contribution is 0.670. The van der Waals surface area contributed by atoms with Gasteiger partial charge in [0.25, 0.3) is 0 Å².